The second-order valence-electron chi connectivity index (χ2n) is 10.4. The lowest BCUT2D eigenvalue weighted by atomic mass is 10.0. The van der Waals surface area contributed by atoms with Crippen LogP contribution in [0.15, 0.2) is 52.8 Å². The van der Waals surface area contributed by atoms with Crippen LogP contribution in [0.25, 0.3) is 0 Å². The molecule has 1 aromatic heterocycles. The first-order valence-corrected chi connectivity index (χ1v) is 15.3. The Morgan fingerprint density at radius 3 is 2.73 bits per heavy atom. The summed E-state index contributed by atoms with van der Waals surface area (Å²) in [6.07, 6.45) is 4.31. The summed E-state index contributed by atoms with van der Waals surface area (Å²) >= 11 is 2.17. The van der Waals surface area contributed by atoms with Crippen molar-refractivity contribution >= 4 is 51.9 Å². The van der Waals surface area contributed by atoms with Crippen molar-refractivity contribution in [1.82, 2.24) is 19.6 Å². The van der Waals surface area contributed by atoms with Gasteiger partial charge in [-0.2, -0.15) is 18.8 Å². The van der Waals surface area contributed by atoms with Crippen LogP contribution in [0.1, 0.15) is 17.8 Å². The number of hydrogen-bond donors (Lipinski definition) is 2. The minimum absolute atomic E-state index is 0.0289. The van der Waals surface area contributed by atoms with Gasteiger partial charge in [0.25, 0.3) is 18.7 Å². The minimum Gasteiger partial charge on any atom is -0.497 e. The number of thioether (sulfide) groups is 1. The van der Waals surface area contributed by atoms with Crippen molar-refractivity contribution in [2.45, 2.75) is 30.5 Å². The molecule has 234 valence electrons. The van der Waals surface area contributed by atoms with E-state index >= 15 is 0 Å². The van der Waals surface area contributed by atoms with Crippen molar-refractivity contribution in [1.29, 1.82) is 0 Å². The number of amides is 2. The van der Waals surface area contributed by atoms with Gasteiger partial charge in [-0.1, -0.05) is 23.4 Å². The number of β-lactam (4-membered cyclic amide) rings is 1. The highest BCUT2D eigenvalue weighted by molar-refractivity contribution is 8.00. The van der Waals surface area contributed by atoms with Gasteiger partial charge in [0.05, 0.1) is 21.2 Å². The first-order valence-electron chi connectivity index (χ1n) is 13.4. The van der Waals surface area contributed by atoms with E-state index in [9.17, 15) is 18.8 Å². The maximum atomic E-state index is 13.5. The van der Waals surface area contributed by atoms with Crippen LogP contribution in [0.4, 0.5) is 9.52 Å². The van der Waals surface area contributed by atoms with Crippen LogP contribution >= 0.6 is 23.3 Å². The molecule has 4 heterocycles. The maximum Gasteiger partial charge on any atom is 0.355 e. The quantitative estimate of drug-likeness (QED) is 0.119. The number of oxime groups is 1. The molecule has 0 unspecified atom stereocenters. The molecule has 2 fully saturated rings. The lowest BCUT2D eigenvalue weighted by molar-refractivity contribution is -1.06. The highest BCUT2D eigenvalue weighted by atomic mass is 32.2. The molecule has 2 amide bonds. The molecule has 44 heavy (non-hydrogen) atoms. The Hall–Kier alpha value is -4.06. The molecular weight excluding hydrogens is 617 g/mol. The second kappa shape index (κ2) is 13.3. The van der Waals surface area contributed by atoms with E-state index in [2.05, 4.69) is 24.7 Å². The molecule has 0 aliphatic carbocycles. The highest BCUT2D eigenvalue weighted by Gasteiger charge is 2.54. The van der Waals surface area contributed by atoms with Crippen LogP contribution in [0.5, 0.6) is 5.75 Å². The maximum absolute atomic E-state index is 13.5. The van der Waals surface area contributed by atoms with Crippen LogP contribution in [-0.4, -0.2) is 100 Å². The van der Waals surface area contributed by atoms with Gasteiger partial charge in [0, 0.05) is 23.7 Å². The summed E-state index contributed by atoms with van der Waals surface area (Å²) < 4.78 is 27.8. The number of hydrogen-bond acceptors (Lipinski definition) is 13. The van der Waals surface area contributed by atoms with E-state index in [4.69, 9.17) is 20.0 Å². The number of carbonyl (C=O) groups is 3. The Bertz CT molecular complexity index is 1510. The predicted molar refractivity (Wildman–Crippen MR) is 158 cm³/mol. The summed E-state index contributed by atoms with van der Waals surface area (Å²) in [6, 6.07) is 6.03. The largest absolute Gasteiger partial charge is 0.497 e. The van der Waals surface area contributed by atoms with Crippen LogP contribution in [0.2, 0.25) is 0 Å². The molecule has 5 rings (SSSR count). The van der Waals surface area contributed by atoms with Crippen LogP contribution in [0, 0.1) is 0 Å². The molecule has 3 aliphatic heterocycles. The third-order valence-corrected chi connectivity index (χ3v) is 8.81. The number of quaternary nitrogens is 1. The van der Waals surface area contributed by atoms with E-state index in [0.717, 1.165) is 30.1 Å². The topological polar surface area (TPSA) is 168 Å². The number of carbonyl (C=O) groups excluding carboxylic acids is 3. The Balaban J connectivity index is 1.35. The van der Waals surface area contributed by atoms with Crippen LogP contribution in [0.3, 0.4) is 0 Å². The smallest absolute Gasteiger partial charge is 0.355 e. The zero-order chi connectivity index (χ0) is 31.4. The van der Waals surface area contributed by atoms with Crippen molar-refractivity contribution in [3.05, 3.63) is 59.1 Å². The number of nitrogens with zero attached hydrogens (tertiary/aromatic N) is 5. The third-order valence-electron chi connectivity index (χ3n) is 6.96. The average Bonchev–Trinajstić information content (AvgIpc) is 3.61. The van der Waals surface area contributed by atoms with Crippen molar-refractivity contribution in [2.24, 2.45) is 5.16 Å². The molecular formula is C27H31FN7O7S2+. The number of fused-ring (bicyclic) bond motifs is 1. The number of nitrogens with one attached hydrogen (secondary N) is 1. The summed E-state index contributed by atoms with van der Waals surface area (Å²) in [4.78, 5) is 55.7. The summed E-state index contributed by atoms with van der Waals surface area (Å²) in [5.74, 6) is -1.25. The number of aromatic nitrogens is 2. The molecule has 1 aromatic carbocycles. The Kier molecular flexibility index (Phi) is 9.48. The number of ether oxygens (including phenoxy) is 2. The van der Waals surface area contributed by atoms with Crippen molar-refractivity contribution in [2.75, 3.05) is 46.1 Å². The lowest BCUT2D eigenvalue weighted by Crippen LogP contribution is -2.71. The number of halogens is 1. The molecule has 0 saturated carbocycles. The monoisotopic (exact) mass is 648 g/mol. The average molecular weight is 649 g/mol. The fourth-order valence-electron chi connectivity index (χ4n) is 4.78. The number of anilines is 1. The zero-order valence-corrected chi connectivity index (χ0v) is 25.7. The Labute approximate surface area is 260 Å². The van der Waals surface area contributed by atoms with Gasteiger partial charge in [-0.25, -0.2) is 9.18 Å². The van der Waals surface area contributed by atoms with Crippen LogP contribution < -0.4 is 15.8 Å². The van der Waals surface area contributed by atoms with Gasteiger partial charge in [-0.05, 0) is 29.3 Å². The number of methoxy groups -OCH3 is 1. The fourth-order valence-corrected chi connectivity index (χ4v) is 6.53. The van der Waals surface area contributed by atoms with Crippen molar-refractivity contribution in [3.8, 4) is 5.75 Å². The first kappa shape index (κ1) is 31.4. The number of esters is 1. The number of allylic oxidation sites excluding steroid dienone is 1. The fraction of sp³-hybridized carbons (Fsp3) is 0.407. The number of hydroxylamine groups is 3. The SMILES string of the molecule is COc1ccc(COC(=O)C2=C(/C=C/[C@H]3CC[N+](C)(C)O3)CS[C@@H]3[C@H](NC(=O)/C(=N\OCF)c4nsc(N)n4)C(=O)N23)cc1. The Morgan fingerprint density at radius 2 is 2.09 bits per heavy atom. The lowest BCUT2D eigenvalue weighted by Gasteiger charge is -2.49. The predicted octanol–water partition coefficient (Wildman–Crippen LogP) is 1.51. The number of rotatable bonds is 11. The highest BCUT2D eigenvalue weighted by Crippen LogP contribution is 2.41. The molecule has 2 saturated heterocycles. The van der Waals surface area contributed by atoms with Gasteiger partial charge in [-0.3, -0.25) is 14.5 Å². The van der Waals surface area contributed by atoms with E-state index in [-0.39, 0.29) is 29.4 Å². The second-order valence-corrected chi connectivity index (χ2v) is 12.3. The zero-order valence-electron chi connectivity index (χ0n) is 24.1. The Morgan fingerprint density at radius 1 is 1.32 bits per heavy atom. The molecule has 3 N–H and O–H groups in total. The molecule has 0 bridgehead atoms. The van der Waals surface area contributed by atoms with E-state index in [1.54, 1.807) is 37.5 Å². The summed E-state index contributed by atoms with van der Waals surface area (Å²) in [6.45, 7) is -0.492. The number of nitrogen functional groups attached to an aromatic ring is 1. The number of alkyl halides is 1. The third kappa shape index (κ3) is 6.85. The van der Waals surface area contributed by atoms with Gasteiger partial charge >= 0.3 is 5.97 Å². The first-order chi connectivity index (χ1) is 21.1. The van der Waals surface area contributed by atoms with Crippen molar-refractivity contribution in [3.63, 3.8) is 0 Å². The summed E-state index contributed by atoms with van der Waals surface area (Å²) in [5, 5.41) is 5.49. The molecule has 14 nitrogen and oxygen atoms in total. The van der Waals surface area contributed by atoms with E-state index in [0.29, 0.717) is 21.7 Å². The minimum atomic E-state index is -1.30. The normalized spacial score (nSPS) is 22.9. The van der Waals surface area contributed by atoms with Gasteiger partial charge in [0.15, 0.2) is 5.13 Å². The van der Waals surface area contributed by atoms with E-state index < -0.39 is 41.8 Å². The van der Waals surface area contributed by atoms with E-state index in [1.165, 1.54) is 16.7 Å². The van der Waals surface area contributed by atoms with Gasteiger partial charge < -0.3 is 25.4 Å². The number of benzene rings is 1. The van der Waals surface area contributed by atoms with Gasteiger partial charge in [0.1, 0.15) is 42.1 Å². The molecule has 0 spiro atoms. The van der Waals surface area contributed by atoms with E-state index in [1.807, 2.05) is 20.2 Å². The molecule has 2 aromatic rings. The van der Waals surface area contributed by atoms with Gasteiger partial charge in [0.2, 0.25) is 11.5 Å². The summed E-state index contributed by atoms with van der Waals surface area (Å²) in [5.41, 5.74) is 6.58. The molecule has 0 radical (unpaired) electrons. The van der Waals surface area contributed by atoms with Crippen molar-refractivity contribution < 1.29 is 42.6 Å². The standard InChI is InChI=1S/C27H30FN7O7S2/c1-35(2)11-10-18(42-35)9-6-16-13-43-25-20(30-23(36)19(32-41-14-28)22-31-27(29)44-33-22)24(37)34(25)21(16)26(38)40-12-15-4-7-17(39-3)8-5-15/h4-9,18,20,25H,10-14H2,1-3H3,(H2-,29,30,31,33,36)/p+1/b9-6+,32-19-/t18-,20+,25+/m0/s1. The molecule has 3 aliphatic rings. The van der Waals surface area contributed by atoms with Crippen LogP contribution in [-0.2, 0) is 35.4 Å². The molecule has 17 heteroatoms. The summed E-state index contributed by atoms with van der Waals surface area (Å²) in [7, 11) is 5.48. The number of nitrogens with two attached hydrogens (primary N) is 1. The van der Waals surface area contributed by atoms with Gasteiger partial charge in [-0.15, -0.1) is 11.8 Å². The molecule has 3 atom stereocenters.